The van der Waals surface area contributed by atoms with E-state index in [1.54, 1.807) is 0 Å². The molecule has 0 aliphatic carbocycles. The lowest BCUT2D eigenvalue weighted by Gasteiger charge is -2.11. The molecule has 0 spiro atoms. The number of carboxylic acids is 1. The summed E-state index contributed by atoms with van der Waals surface area (Å²) in [5.74, 6) is -4.26. The molecule has 0 radical (unpaired) electrons. The molecule has 5 nitrogen and oxygen atoms in total. The average molecular weight is 255 g/mol. The number of carboxylic acid groups (broad SMARTS) is 1. The largest absolute Gasteiger partial charge is 0.574 e. The van der Waals surface area contributed by atoms with Crippen LogP contribution in [0.4, 0.5) is 17.6 Å². The number of carbonyl (C=O) groups is 1. The molecule has 9 heteroatoms. The molecule has 0 unspecified atom stereocenters. The van der Waals surface area contributed by atoms with E-state index in [1.165, 1.54) is 0 Å². The van der Waals surface area contributed by atoms with E-state index < -0.39 is 41.9 Å². The minimum atomic E-state index is -5.17. The number of aromatic hydroxyl groups is 1. The highest BCUT2D eigenvalue weighted by atomic mass is 19.4. The van der Waals surface area contributed by atoms with Crippen LogP contribution in [0.3, 0.4) is 0 Å². The molecule has 0 aromatic carbocycles. The van der Waals surface area contributed by atoms with Gasteiger partial charge in [0, 0.05) is 5.56 Å². The number of hydrogen-bond acceptors (Lipinski definition) is 4. The van der Waals surface area contributed by atoms with E-state index in [9.17, 15) is 22.4 Å². The lowest BCUT2D eigenvalue weighted by Crippen LogP contribution is -2.19. The maximum Gasteiger partial charge on any atom is 0.574 e. The van der Waals surface area contributed by atoms with Crippen molar-refractivity contribution in [1.82, 2.24) is 4.98 Å². The first-order valence-corrected chi connectivity index (χ1v) is 4.02. The van der Waals surface area contributed by atoms with Crippen molar-refractivity contribution in [3.63, 3.8) is 0 Å². The van der Waals surface area contributed by atoms with Crippen molar-refractivity contribution in [2.24, 2.45) is 0 Å². The number of halogens is 4. The van der Waals surface area contributed by atoms with Crippen LogP contribution < -0.4 is 4.74 Å². The molecule has 0 aliphatic rings. The van der Waals surface area contributed by atoms with E-state index in [4.69, 9.17) is 10.2 Å². The smallest absolute Gasteiger partial charge is 0.503 e. The van der Waals surface area contributed by atoms with Gasteiger partial charge in [-0.3, -0.25) is 0 Å². The summed E-state index contributed by atoms with van der Waals surface area (Å²) in [4.78, 5) is 13.4. The van der Waals surface area contributed by atoms with Gasteiger partial charge >= 0.3 is 12.3 Å². The molecule has 0 saturated heterocycles. The SMILES string of the molecule is O=C(O)c1cc(CF)c(O)c(OC(F)(F)F)n1. The van der Waals surface area contributed by atoms with Crippen LogP contribution in [0.5, 0.6) is 11.6 Å². The molecule has 1 aromatic rings. The van der Waals surface area contributed by atoms with Crippen molar-refractivity contribution < 1.29 is 37.3 Å². The molecule has 2 N–H and O–H groups in total. The maximum absolute atomic E-state index is 12.3. The maximum atomic E-state index is 12.3. The van der Waals surface area contributed by atoms with Crippen LogP contribution >= 0.6 is 0 Å². The Balaban J connectivity index is 3.28. The van der Waals surface area contributed by atoms with Crippen LogP contribution in [0.25, 0.3) is 0 Å². The van der Waals surface area contributed by atoms with Crippen LogP contribution in [0.1, 0.15) is 16.1 Å². The summed E-state index contributed by atoms with van der Waals surface area (Å²) in [6.07, 6.45) is -5.17. The summed E-state index contributed by atoms with van der Waals surface area (Å²) < 4.78 is 51.2. The Morgan fingerprint density at radius 2 is 2.06 bits per heavy atom. The summed E-state index contributed by atoms with van der Waals surface area (Å²) in [6, 6.07) is 0.612. The minimum Gasteiger partial charge on any atom is -0.503 e. The predicted molar refractivity (Wildman–Crippen MR) is 44.4 cm³/mol. The first kappa shape index (κ1) is 13.0. The first-order chi connectivity index (χ1) is 7.74. The van der Waals surface area contributed by atoms with Gasteiger partial charge in [0.1, 0.15) is 6.67 Å². The molecule has 0 saturated carbocycles. The number of rotatable bonds is 3. The van der Waals surface area contributed by atoms with Gasteiger partial charge < -0.3 is 14.9 Å². The fraction of sp³-hybridized carbons (Fsp3) is 0.250. The van der Waals surface area contributed by atoms with E-state index in [-0.39, 0.29) is 0 Å². The van der Waals surface area contributed by atoms with Crippen molar-refractivity contribution in [3.8, 4) is 11.6 Å². The molecule has 94 valence electrons. The van der Waals surface area contributed by atoms with Gasteiger partial charge in [-0.15, -0.1) is 13.2 Å². The molecule has 0 atom stereocenters. The molecule has 0 aliphatic heterocycles. The van der Waals surface area contributed by atoms with Crippen LogP contribution in [-0.4, -0.2) is 27.5 Å². The lowest BCUT2D eigenvalue weighted by molar-refractivity contribution is -0.276. The van der Waals surface area contributed by atoms with Crippen molar-refractivity contribution in [1.29, 1.82) is 0 Å². The fourth-order valence-corrected chi connectivity index (χ4v) is 0.958. The number of aromatic carboxylic acids is 1. The third-order valence-corrected chi connectivity index (χ3v) is 1.62. The third-order valence-electron chi connectivity index (χ3n) is 1.62. The van der Waals surface area contributed by atoms with E-state index >= 15 is 0 Å². The lowest BCUT2D eigenvalue weighted by atomic mass is 10.2. The van der Waals surface area contributed by atoms with Crippen LogP contribution in [0.15, 0.2) is 6.07 Å². The molecular formula is C8H5F4NO4. The highest BCUT2D eigenvalue weighted by Gasteiger charge is 2.34. The molecule has 0 fully saturated rings. The van der Waals surface area contributed by atoms with E-state index in [1.807, 2.05) is 0 Å². The first-order valence-electron chi connectivity index (χ1n) is 4.02. The zero-order chi connectivity index (χ0) is 13.2. The minimum absolute atomic E-state index is 0.612. The standard InChI is InChI=1S/C8H5F4NO4/c9-2-3-1-4(7(15)16)13-6(5(3)14)17-8(10,11)12/h1,14H,2H2,(H,15,16). The Hall–Kier alpha value is -2.06. The van der Waals surface area contributed by atoms with Gasteiger partial charge in [0.05, 0.1) is 0 Å². The second-order valence-electron chi connectivity index (χ2n) is 2.81. The van der Waals surface area contributed by atoms with Crippen molar-refractivity contribution >= 4 is 5.97 Å². The summed E-state index contributed by atoms with van der Waals surface area (Å²) >= 11 is 0. The monoisotopic (exact) mass is 255 g/mol. The fourth-order valence-electron chi connectivity index (χ4n) is 0.958. The highest BCUT2D eigenvalue weighted by molar-refractivity contribution is 5.86. The van der Waals surface area contributed by atoms with Crippen molar-refractivity contribution in [2.75, 3.05) is 0 Å². The quantitative estimate of drug-likeness (QED) is 0.806. The Labute approximate surface area is 91.3 Å². The van der Waals surface area contributed by atoms with E-state index in [0.29, 0.717) is 6.07 Å². The van der Waals surface area contributed by atoms with Gasteiger partial charge in [0.25, 0.3) is 5.88 Å². The van der Waals surface area contributed by atoms with Crippen LogP contribution in [0.2, 0.25) is 0 Å². The highest BCUT2D eigenvalue weighted by Crippen LogP contribution is 2.33. The van der Waals surface area contributed by atoms with Crippen LogP contribution in [0, 0.1) is 0 Å². The molecule has 1 rings (SSSR count). The zero-order valence-electron chi connectivity index (χ0n) is 7.95. The number of nitrogens with zero attached hydrogens (tertiary/aromatic N) is 1. The summed E-state index contributed by atoms with van der Waals surface area (Å²) in [5, 5.41) is 17.7. The van der Waals surface area contributed by atoms with Gasteiger partial charge in [0.2, 0.25) is 0 Å². The van der Waals surface area contributed by atoms with Crippen molar-refractivity contribution in [2.45, 2.75) is 13.0 Å². The van der Waals surface area contributed by atoms with E-state index in [2.05, 4.69) is 9.72 Å². The number of aromatic nitrogens is 1. The number of hydrogen-bond donors (Lipinski definition) is 2. The Morgan fingerprint density at radius 3 is 2.47 bits per heavy atom. The number of ether oxygens (including phenoxy) is 1. The molecule has 1 aromatic heterocycles. The van der Waals surface area contributed by atoms with Crippen LogP contribution in [-0.2, 0) is 6.67 Å². The van der Waals surface area contributed by atoms with Gasteiger partial charge in [-0.25, -0.2) is 14.2 Å². The van der Waals surface area contributed by atoms with Gasteiger partial charge in [-0.1, -0.05) is 0 Å². The summed E-state index contributed by atoms with van der Waals surface area (Å²) in [6.45, 7) is -1.36. The Bertz CT molecular complexity index is 446. The topological polar surface area (TPSA) is 79.7 Å². The van der Waals surface area contributed by atoms with E-state index in [0.717, 1.165) is 0 Å². The Morgan fingerprint density at radius 1 is 1.47 bits per heavy atom. The molecular weight excluding hydrogens is 250 g/mol. The summed E-state index contributed by atoms with van der Waals surface area (Å²) in [5.41, 5.74) is -1.52. The molecule has 1 heterocycles. The number of pyridine rings is 1. The summed E-state index contributed by atoms with van der Waals surface area (Å²) in [7, 11) is 0. The average Bonchev–Trinajstić information content (AvgIpc) is 2.18. The third kappa shape index (κ3) is 3.20. The molecule has 17 heavy (non-hydrogen) atoms. The van der Waals surface area contributed by atoms with Gasteiger partial charge in [-0.2, -0.15) is 0 Å². The predicted octanol–water partition coefficient (Wildman–Crippen LogP) is 1.85. The van der Waals surface area contributed by atoms with Gasteiger partial charge in [-0.05, 0) is 6.07 Å². The number of alkyl halides is 4. The van der Waals surface area contributed by atoms with Gasteiger partial charge in [0.15, 0.2) is 11.4 Å². The second-order valence-corrected chi connectivity index (χ2v) is 2.81. The normalized spacial score (nSPS) is 11.3. The van der Waals surface area contributed by atoms with Crippen molar-refractivity contribution in [3.05, 3.63) is 17.3 Å². The second kappa shape index (κ2) is 4.44. The zero-order valence-corrected chi connectivity index (χ0v) is 7.95. The molecule has 0 bridgehead atoms. The Kier molecular flexibility index (Phi) is 3.39. The molecule has 0 amide bonds.